The summed E-state index contributed by atoms with van der Waals surface area (Å²) < 4.78 is 11.8. The van der Waals surface area contributed by atoms with E-state index in [1.807, 2.05) is 13.8 Å². The summed E-state index contributed by atoms with van der Waals surface area (Å²) in [6.45, 7) is 5.88. The highest BCUT2D eigenvalue weighted by Crippen LogP contribution is 2.60. The van der Waals surface area contributed by atoms with Gasteiger partial charge in [0, 0.05) is 18.3 Å². The van der Waals surface area contributed by atoms with E-state index in [-0.39, 0.29) is 17.6 Å². The molecule has 4 fully saturated rings. The average Bonchev–Trinajstić information content (AvgIpc) is 2.69. The molecule has 2 bridgehead atoms. The van der Waals surface area contributed by atoms with Crippen molar-refractivity contribution in [2.75, 3.05) is 0 Å². The molecule has 1 N–H and O–H groups in total. The van der Waals surface area contributed by atoms with Crippen molar-refractivity contribution >= 4 is 5.97 Å². The standard InChI is InChI=1S/C16H22O6/c1-8-4-5-11-9(2)12(13(17)18)19-14-16(11)10(8)6-7-15(3,20-14)21-22-16/h8,10-11,14H,4-7H2,1-3H3,(H,17,18)/t8-,10+,11+,14?,15?,16-/m1/s1. The van der Waals surface area contributed by atoms with E-state index >= 15 is 0 Å². The smallest absolute Gasteiger partial charge is 0.371 e. The van der Waals surface area contributed by atoms with Gasteiger partial charge in [0.2, 0.25) is 17.8 Å². The van der Waals surface area contributed by atoms with Gasteiger partial charge in [-0.05, 0) is 44.6 Å². The molecule has 0 amide bonds. The summed E-state index contributed by atoms with van der Waals surface area (Å²) in [7, 11) is 0. The first-order valence-corrected chi connectivity index (χ1v) is 8.03. The first kappa shape index (κ1) is 14.5. The number of carboxylic acid groups (broad SMARTS) is 1. The molecule has 5 rings (SSSR count). The minimum absolute atomic E-state index is 0.00804. The largest absolute Gasteiger partial charge is 0.475 e. The predicted molar refractivity (Wildman–Crippen MR) is 74.2 cm³/mol. The molecular formula is C16H22O6. The summed E-state index contributed by atoms with van der Waals surface area (Å²) >= 11 is 0. The molecule has 0 radical (unpaired) electrons. The maximum Gasteiger partial charge on any atom is 0.371 e. The zero-order valence-electron chi connectivity index (χ0n) is 13.1. The van der Waals surface area contributed by atoms with Crippen LogP contribution in [0.2, 0.25) is 0 Å². The second-order valence-electron chi connectivity index (χ2n) is 7.29. The highest BCUT2D eigenvalue weighted by Gasteiger charge is 2.68. The van der Waals surface area contributed by atoms with Gasteiger partial charge in [0.25, 0.3) is 0 Å². The molecule has 2 unspecified atom stereocenters. The summed E-state index contributed by atoms with van der Waals surface area (Å²) in [4.78, 5) is 23.1. The zero-order valence-corrected chi connectivity index (χ0v) is 13.1. The Balaban J connectivity index is 1.87. The third kappa shape index (κ3) is 1.69. The SMILES string of the molecule is CC1=C(C(=O)O)OC2OC3(C)CC[C@H]4[C@H](C)CC[C@@H]1[C@@]24OO3. The molecule has 4 aliphatic heterocycles. The number of ether oxygens (including phenoxy) is 2. The molecule has 0 aromatic rings. The van der Waals surface area contributed by atoms with Crippen LogP contribution < -0.4 is 0 Å². The molecule has 5 aliphatic rings. The highest BCUT2D eigenvalue weighted by atomic mass is 17.3. The van der Waals surface area contributed by atoms with Gasteiger partial charge in [-0.2, -0.15) is 0 Å². The van der Waals surface area contributed by atoms with E-state index in [1.54, 1.807) is 0 Å². The molecule has 6 heteroatoms. The molecular weight excluding hydrogens is 288 g/mol. The molecule has 6 nitrogen and oxygen atoms in total. The first-order chi connectivity index (χ1) is 10.4. The van der Waals surface area contributed by atoms with Crippen LogP contribution in [0.15, 0.2) is 11.3 Å². The molecule has 1 spiro atoms. The van der Waals surface area contributed by atoms with E-state index in [1.165, 1.54) is 0 Å². The van der Waals surface area contributed by atoms with Crippen LogP contribution in [-0.4, -0.2) is 28.8 Å². The van der Waals surface area contributed by atoms with Crippen molar-refractivity contribution < 1.29 is 29.1 Å². The van der Waals surface area contributed by atoms with E-state index in [0.717, 1.165) is 31.3 Å². The van der Waals surface area contributed by atoms with E-state index in [0.29, 0.717) is 5.92 Å². The van der Waals surface area contributed by atoms with Crippen molar-refractivity contribution in [2.45, 2.75) is 64.1 Å². The van der Waals surface area contributed by atoms with Crippen LogP contribution in [0.1, 0.15) is 46.5 Å². The Kier molecular flexibility index (Phi) is 2.94. The topological polar surface area (TPSA) is 74.2 Å². The highest BCUT2D eigenvalue weighted by molar-refractivity contribution is 5.85. The summed E-state index contributed by atoms with van der Waals surface area (Å²) in [5, 5.41) is 9.44. The fraction of sp³-hybridized carbons (Fsp3) is 0.812. The van der Waals surface area contributed by atoms with E-state index in [2.05, 4.69) is 6.92 Å². The number of aliphatic carboxylic acids is 1. The third-order valence-electron chi connectivity index (χ3n) is 6.02. The number of rotatable bonds is 1. The molecule has 6 atom stereocenters. The Morgan fingerprint density at radius 1 is 1.27 bits per heavy atom. The van der Waals surface area contributed by atoms with Gasteiger partial charge in [-0.1, -0.05) is 6.92 Å². The van der Waals surface area contributed by atoms with E-state index < -0.39 is 23.6 Å². The lowest BCUT2D eigenvalue weighted by atomic mass is 9.59. The molecule has 1 saturated carbocycles. The van der Waals surface area contributed by atoms with Crippen molar-refractivity contribution in [3.8, 4) is 0 Å². The molecule has 0 aromatic carbocycles. The van der Waals surface area contributed by atoms with Gasteiger partial charge in [0.05, 0.1) is 0 Å². The Labute approximate surface area is 129 Å². The summed E-state index contributed by atoms with van der Waals surface area (Å²) in [6, 6.07) is 0. The number of fused-ring (bicyclic) bond motifs is 2. The normalized spacial score (nSPS) is 50.1. The van der Waals surface area contributed by atoms with Crippen molar-refractivity contribution in [1.29, 1.82) is 0 Å². The first-order valence-electron chi connectivity index (χ1n) is 8.03. The van der Waals surface area contributed by atoms with Gasteiger partial charge in [-0.25, -0.2) is 14.6 Å². The third-order valence-corrected chi connectivity index (χ3v) is 6.02. The maximum atomic E-state index is 11.5. The maximum absolute atomic E-state index is 11.5. The number of carboxylic acids is 1. The summed E-state index contributed by atoms with van der Waals surface area (Å²) in [6.07, 6.45) is 2.85. The van der Waals surface area contributed by atoms with Gasteiger partial charge in [0.15, 0.2) is 5.60 Å². The van der Waals surface area contributed by atoms with Crippen LogP contribution in [0.3, 0.4) is 0 Å². The average molecular weight is 310 g/mol. The molecule has 3 saturated heterocycles. The number of hydrogen-bond acceptors (Lipinski definition) is 5. The van der Waals surface area contributed by atoms with Gasteiger partial charge < -0.3 is 14.6 Å². The van der Waals surface area contributed by atoms with Crippen LogP contribution in [0.4, 0.5) is 0 Å². The molecule has 22 heavy (non-hydrogen) atoms. The van der Waals surface area contributed by atoms with Gasteiger partial charge in [-0.15, -0.1) is 0 Å². The fourth-order valence-corrected chi connectivity index (χ4v) is 4.83. The van der Waals surface area contributed by atoms with Crippen LogP contribution in [0, 0.1) is 17.8 Å². The van der Waals surface area contributed by atoms with Gasteiger partial charge in [0.1, 0.15) is 0 Å². The molecule has 4 heterocycles. The minimum atomic E-state index is -1.04. The van der Waals surface area contributed by atoms with Gasteiger partial charge >= 0.3 is 5.97 Å². The fourth-order valence-electron chi connectivity index (χ4n) is 4.83. The lowest BCUT2D eigenvalue weighted by Gasteiger charge is -2.56. The van der Waals surface area contributed by atoms with Crippen LogP contribution in [-0.2, 0) is 24.0 Å². The zero-order chi connectivity index (χ0) is 15.7. The van der Waals surface area contributed by atoms with E-state index in [4.69, 9.17) is 19.2 Å². The Hall–Kier alpha value is -1.11. The Morgan fingerprint density at radius 3 is 2.77 bits per heavy atom. The second-order valence-corrected chi connectivity index (χ2v) is 7.29. The van der Waals surface area contributed by atoms with Crippen molar-refractivity contribution in [3.63, 3.8) is 0 Å². The monoisotopic (exact) mass is 310 g/mol. The van der Waals surface area contributed by atoms with Crippen LogP contribution >= 0.6 is 0 Å². The lowest BCUT2D eigenvalue weighted by molar-refractivity contribution is -0.556. The summed E-state index contributed by atoms with van der Waals surface area (Å²) in [5.74, 6) is -1.24. The molecule has 0 aromatic heterocycles. The minimum Gasteiger partial charge on any atom is -0.475 e. The van der Waals surface area contributed by atoms with Crippen LogP contribution in [0.25, 0.3) is 0 Å². The van der Waals surface area contributed by atoms with Crippen LogP contribution in [0.5, 0.6) is 0 Å². The molecule has 122 valence electrons. The number of hydrogen-bond donors (Lipinski definition) is 1. The predicted octanol–water partition coefficient (Wildman–Crippen LogP) is 2.59. The van der Waals surface area contributed by atoms with E-state index in [9.17, 15) is 9.90 Å². The quantitative estimate of drug-likeness (QED) is 0.750. The second kappa shape index (κ2) is 4.46. The molecule has 1 aliphatic carbocycles. The number of carbonyl (C=O) groups is 1. The Bertz CT molecular complexity index is 557. The lowest BCUT2D eigenvalue weighted by Crippen LogP contribution is -2.66. The Morgan fingerprint density at radius 2 is 2.05 bits per heavy atom. The van der Waals surface area contributed by atoms with Crippen molar-refractivity contribution in [2.24, 2.45) is 17.8 Å². The summed E-state index contributed by atoms with van der Waals surface area (Å²) in [5.41, 5.74) is 0.00910. The van der Waals surface area contributed by atoms with Gasteiger partial charge in [-0.3, -0.25) is 0 Å². The van der Waals surface area contributed by atoms with Crippen molar-refractivity contribution in [3.05, 3.63) is 11.3 Å². The van der Waals surface area contributed by atoms with Crippen molar-refractivity contribution in [1.82, 2.24) is 0 Å².